The number of hydrogen-bond donors (Lipinski definition) is 0. The molecule has 2 rings (SSSR count). The zero-order valence-corrected chi connectivity index (χ0v) is 11.7. The summed E-state index contributed by atoms with van der Waals surface area (Å²) in [5.41, 5.74) is 0. The third-order valence-corrected chi connectivity index (χ3v) is 5.52. The molecule has 1 aromatic rings. The molecule has 0 radical (unpaired) electrons. The molecule has 0 unspecified atom stereocenters. The maximum Gasteiger partial charge on any atom is 0.0516 e. The Morgan fingerprint density at radius 3 is 3.19 bits per heavy atom. The Labute approximate surface area is 108 Å². The van der Waals surface area contributed by atoms with E-state index in [0.717, 1.165) is 36.2 Å². The van der Waals surface area contributed by atoms with E-state index in [0.29, 0.717) is 5.92 Å². The largest absolute Gasteiger partial charge is 0.297 e. The number of halogens is 1. The molecule has 1 aromatic heterocycles. The monoisotopic (exact) mass is 277 g/mol. The van der Waals surface area contributed by atoms with Crippen molar-refractivity contribution in [2.45, 2.75) is 13.5 Å². The van der Waals surface area contributed by atoms with Crippen LogP contribution in [0.3, 0.4) is 0 Å². The van der Waals surface area contributed by atoms with Crippen molar-refractivity contribution in [2.75, 3.05) is 24.6 Å². The first kappa shape index (κ1) is 12.6. The van der Waals surface area contributed by atoms with E-state index in [-0.39, 0.29) is 0 Å². The molecule has 0 bridgehead atoms. The van der Waals surface area contributed by atoms with Gasteiger partial charge < -0.3 is 0 Å². The van der Waals surface area contributed by atoms with Gasteiger partial charge in [0.25, 0.3) is 0 Å². The Bertz CT molecular complexity index is 380. The van der Waals surface area contributed by atoms with E-state index in [1.807, 2.05) is 11.4 Å². The molecule has 2 heterocycles. The molecule has 2 nitrogen and oxygen atoms in total. The van der Waals surface area contributed by atoms with E-state index >= 15 is 0 Å². The van der Waals surface area contributed by atoms with E-state index in [9.17, 15) is 4.21 Å². The molecule has 0 spiro atoms. The van der Waals surface area contributed by atoms with Crippen molar-refractivity contribution in [1.82, 2.24) is 4.90 Å². The quantitative estimate of drug-likeness (QED) is 0.828. The van der Waals surface area contributed by atoms with Crippen molar-refractivity contribution in [3.8, 4) is 0 Å². The van der Waals surface area contributed by atoms with Crippen LogP contribution in [0.1, 0.15) is 11.8 Å². The summed E-state index contributed by atoms with van der Waals surface area (Å²) in [5.74, 6) is 2.18. The molecule has 1 saturated heterocycles. The third-order valence-electron chi connectivity index (χ3n) is 2.68. The fourth-order valence-corrected chi connectivity index (χ4v) is 4.50. The second-order valence-electron chi connectivity index (χ2n) is 4.38. The van der Waals surface area contributed by atoms with Crippen LogP contribution in [-0.4, -0.2) is 33.7 Å². The van der Waals surface area contributed by atoms with Crippen molar-refractivity contribution >= 4 is 33.7 Å². The van der Waals surface area contributed by atoms with Gasteiger partial charge in [-0.1, -0.05) is 18.5 Å². The minimum absolute atomic E-state index is 0.527. The van der Waals surface area contributed by atoms with Gasteiger partial charge in [0, 0.05) is 52.2 Å². The minimum atomic E-state index is -0.625. The highest BCUT2D eigenvalue weighted by atomic mass is 35.5. The van der Waals surface area contributed by atoms with Crippen molar-refractivity contribution in [2.24, 2.45) is 5.92 Å². The summed E-state index contributed by atoms with van der Waals surface area (Å²) in [6, 6.07) is 2.03. The highest BCUT2D eigenvalue weighted by Gasteiger charge is 2.19. The summed E-state index contributed by atoms with van der Waals surface area (Å²) < 4.78 is 11.6. The van der Waals surface area contributed by atoms with Crippen LogP contribution in [0, 0.1) is 5.92 Å². The summed E-state index contributed by atoms with van der Waals surface area (Å²) in [5, 5.41) is 2.79. The van der Waals surface area contributed by atoms with E-state index in [1.54, 1.807) is 11.3 Å². The highest BCUT2D eigenvalue weighted by molar-refractivity contribution is 7.85. The summed E-state index contributed by atoms with van der Waals surface area (Å²) in [6.07, 6.45) is 0. The van der Waals surface area contributed by atoms with Gasteiger partial charge in [-0.15, -0.1) is 11.3 Å². The van der Waals surface area contributed by atoms with E-state index in [4.69, 9.17) is 11.6 Å². The normalized spacial score (nSPS) is 27.9. The van der Waals surface area contributed by atoms with Gasteiger partial charge in [-0.3, -0.25) is 9.11 Å². The van der Waals surface area contributed by atoms with Crippen molar-refractivity contribution in [3.05, 3.63) is 21.3 Å². The first-order chi connectivity index (χ1) is 7.63. The summed E-state index contributed by atoms with van der Waals surface area (Å²) >= 11 is 7.61. The molecular formula is C11H16ClNOS2. The molecule has 1 aliphatic heterocycles. The van der Waals surface area contributed by atoms with Crippen molar-refractivity contribution in [3.63, 3.8) is 0 Å². The fraction of sp³-hybridized carbons (Fsp3) is 0.636. The second-order valence-corrected chi connectivity index (χ2v) is 7.44. The third kappa shape index (κ3) is 3.55. The first-order valence-corrected chi connectivity index (χ1v) is 8.18. The van der Waals surface area contributed by atoms with Gasteiger partial charge in [0.2, 0.25) is 0 Å². The van der Waals surface area contributed by atoms with Crippen molar-refractivity contribution in [1.29, 1.82) is 0 Å². The molecule has 0 amide bonds. The topological polar surface area (TPSA) is 20.3 Å². The van der Waals surface area contributed by atoms with Crippen LogP contribution in [0.25, 0.3) is 0 Å². The molecule has 0 aliphatic carbocycles. The molecular weight excluding hydrogens is 262 g/mol. The lowest BCUT2D eigenvalue weighted by Gasteiger charge is -2.20. The highest BCUT2D eigenvalue weighted by Crippen LogP contribution is 2.21. The maximum absolute atomic E-state index is 11.6. The summed E-state index contributed by atoms with van der Waals surface area (Å²) in [7, 11) is -0.625. The lowest BCUT2D eigenvalue weighted by Crippen LogP contribution is -2.28. The molecule has 16 heavy (non-hydrogen) atoms. The smallest absolute Gasteiger partial charge is 0.0516 e. The molecule has 5 heteroatoms. The number of thiophene rings is 1. The predicted molar refractivity (Wildman–Crippen MR) is 71.6 cm³/mol. The van der Waals surface area contributed by atoms with Gasteiger partial charge in [0.1, 0.15) is 0 Å². The Morgan fingerprint density at radius 1 is 1.69 bits per heavy atom. The zero-order valence-electron chi connectivity index (χ0n) is 9.32. The second kappa shape index (κ2) is 5.63. The van der Waals surface area contributed by atoms with Crippen LogP contribution >= 0.6 is 22.9 Å². The van der Waals surface area contributed by atoms with Gasteiger partial charge in [-0.25, -0.2) is 0 Å². The number of hydrogen-bond acceptors (Lipinski definition) is 3. The molecule has 1 fully saturated rings. The van der Waals surface area contributed by atoms with Crippen molar-refractivity contribution < 1.29 is 4.21 Å². The SMILES string of the molecule is C[C@@H]1CN(Cc2cc(Cl)cs2)CC[S@@](=O)C1. The molecule has 1 aliphatic rings. The lowest BCUT2D eigenvalue weighted by atomic mass is 10.2. The van der Waals surface area contributed by atoms with Gasteiger partial charge in [0.05, 0.1) is 5.02 Å². The van der Waals surface area contributed by atoms with E-state index in [2.05, 4.69) is 11.8 Å². The van der Waals surface area contributed by atoms with Crippen LogP contribution in [0.15, 0.2) is 11.4 Å². The fourth-order valence-electron chi connectivity index (χ4n) is 2.02. The van der Waals surface area contributed by atoms with Crippen LogP contribution in [0.5, 0.6) is 0 Å². The maximum atomic E-state index is 11.6. The van der Waals surface area contributed by atoms with Gasteiger partial charge in [-0.2, -0.15) is 0 Å². The molecule has 0 N–H and O–H groups in total. The molecule has 0 aromatic carbocycles. The minimum Gasteiger partial charge on any atom is -0.297 e. The summed E-state index contributed by atoms with van der Waals surface area (Å²) in [6.45, 7) is 5.10. The van der Waals surface area contributed by atoms with E-state index in [1.165, 1.54) is 4.88 Å². The van der Waals surface area contributed by atoms with Crippen LogP contribution in [0.4, 0.5) is 0 Å². The average molecular weight is 278 g/mol. The lowest BCUT2D eigenvalue weighted by molar-refractivity contribution is 0.259. The van der Waals surface area contributed by atoms with Gasteiger partial charge >= 0.3 is 0 Å². The van der Waals surface area contributed by atoms with Crippen LogP contribution < -0.4 is 0 Å². The number of rotatable bonds is 2. The van der Waals surface area contributed by atoms with Crippen LogP contribution in [-0.2, 0) is 17.3 Å². The van der Waals surface area contributed by atoms with Crippen LogP contribution in [0.2, 0.25) is 5.02 Å². The molecule has 90 valence electrons. The predicted octanol–water partition coefficient (Wildman–Crippen LogP) is 2.60. The Balaban J connectivity index is 1.96. The average Bonchev–Trinajstić information content (AvgIpc) is 2.52. The van der Waals surface area contributed by atoms with Gasteiger partial charge in [0.15, 0.2) is 0 Å². The Hall–Kier alpha value is 0.1000. The van der Waals surface area contributed by atoms with Gasteiger partial charge in [-0.05, 0) is 12.0 Å². The van der Waals surface area contributed by atoms with E-state index < -0.39 is 10.8 Å². The Morgan fingerprint density at radius 2 is 2.50 bits per heavy atom. The zero-order chi connectivity index (χ0) is 11.5. The standard InChI is InChI=1S/C11H16ClNOS2/c1-9-5-13(2-3-16(14)8-9)6-11-4-10(12)7-15-11/h4,7,9H,2-3,5-6,8H2,1H3/t9-,16-/m1/s1. The molecule has 2 atom stereocenters. The summed E-state index contributed by atoms with van der Waals surface area (Å²) in [4.78, 5) is 3.68. The number of nitrogens with zero attached hydrogens (tertiary/aromatic N) is 1. The Kier molecular flexibility index (Phi) is 4.41. The first-order valence-electron chi connectivity index (χ1n) is 5.43. The molecule has 0 saturated carbocycles.